The quantitative estimate of drug-likeness (QED) is 0.219. The molecule has 0 N–H and O–H groups in total. The van der Waals surface area contributed by atoms with Crippen LogP contribution in [0, 0.1) is 5.41 Å². The van der Waals surface area contributed by atoms with Gasteiger partial charge in [0.15, 0.2) is 0 Å². The predicted octanol–water partition coefficient (Wildman–Crippen LogP) is 5.75. The van der Waals surface area contributed by atoms with E-state index >= 15 is 0 Å². The first-order chi connectivity index (χ1) is 15.4. The summed E-state index contributed by atoms with van der Waals surface area (Å²) in [6.07, 6.45) is -0.583. The molecule has 1 aliphatic rings. The van der Waals surface area contributed by atoms with Crippen LogP contribution >= 0.6 is 11.8 Å². The second kappa shape index (κ2) is 11.4. The van der Waals surface area contributed by atoms with E-state index in [0.717, 1.165) is 10.5 Å². The summed E-state index contributed by atoms with van der Waals surface area (Å²) in [4.78, 5) is 16.6. The summed E-state index contributed by atoms with van der Waals surface area (Å²) in [5.74, 6) is -0.360. The van der Waals surface area contributed by atoms with Gasteiger partial charge in [0, 0.05) is 9.81 Å². The number of carbonyl (C=O) groups excluding carboxylic acids is 1. The molecule has 170 valence electrons. The zero-order chi connectivity index (χ0) is 23.0. The van der Waals surface area contributed by atoms with Crippen LogP contribution < -0.4 is 0 Å². The van der Waals surface area contributed by atoms with Crippen LogP contribution in [0.4, 0.5) is 0 Å². The third-order valence-electron chi connectivity index (χ3n) is 4.94. The molecule has 8 heteroatoms. The Labute approximate surface area is 193 Å². The zero-order valence-corrected chi connectivity index (χ0v) is 19.4. The summed E-state index contributed by atoms with van der Waals surface area (Å²) >= 11 is 1.45. The third-order valence-corrected chi connectivity index (χ3v) is 6.10. The first kappa shape index (κ1) is 24.1. The fraction of sp³-hybridized carbons (Fsp3) is 0.458. The summed E-state index contributed by atoms with van der Waals surface area (Å²) in [5.41, 5.74) is 9.02. The largest absolute Gasteiger partial charge is 0.458 e. The molecule has 0 aliphatic carbocycles. The van der Waals surface area contributed by atoms with Crippen LogP contribution in [0.1, 0.15) is 32.8 Å². The highest BCUT2D eigenvalue weighted by Crippen LogP contribution is 2.37. The van der Waals surface area contributed by atoms with E-state index in [1.807, 2.05) is 60.7 Å². The summed E-state index contributed by atoms with van der Waals surface area (Å²) in [6, 6.07) is 19.1. The minimum absolute atomic E-state index is 0.292. The van der Waals surface area contributed by atoms with E-state index in [4.69, 9.17) is 19.7 Å². The van der Waals surface area contributed by atoms with Crippen molar-refractivity contribution in [2.45, 2.75) is 62.4 Å². The molecule has 3 rings (SSSR count). The molecule has 0 spiro atoms. The van der Waals surface area contributed by atoms with Gasteiger partial charge >= 0.3 is 5.97 Å². The second-order valence-corrected chi connectivity index (χ2v) is 9.86. The van der Waals surface area contributed by atoms with Crippen molar-refractivity contribution in [2.75, 3.05) is 6.61 Å². The Hall–Kier alpha value is -2.51. The van der Waals surface area contributed by atoms with Gasteiger partial charge in [-0.05, 0) is 50.4 Å². The number of rotatable bonds is 8. The minimum atomic E-state index is -0.701. The van der Waals surface area contributed by atoms with Crippen LogP contribution in [-0.2, 0) is 25.6 Å². The van der Waals surface area contributed by atoms with Gasteiger partial charge in [-0.1, -0.05) is 65.4 Å². The fourth-order valence-electron chi connectivity index (χ4n) is 3.24. The van der Waals surface area contributed by atoms with Crippen molar-refractivity contribution in [3.8, 4) is 0 Å². The van der Waals surface area contributed by atoms with E-state index in [9.17, 15) is 4.79 Å². The maximum absolute atomic E-state index is 12.6. The van der Waals surface area contributed by atoms with Crippen molar-refractivity contribution in [3.63, 3.8) is 0 Å². The molecule has 1 saturated heterocycles. The lowest BCUT2D eigenvalue weighted by Crippen LogP contribution is -2.50. The van der Waals surface area contributed by atoms with Gasteiger partial charge in [0.25, 0.3) is 0 Å². The molecule has 2 aromatic carbocycles. The Morgan fingerprint density at radius 2 is 1.81 bits per heavy atom. The molecule has 1 fully saturated rings. The number of esters is 1. The van der Waals surface area contributed by atoms with Gasteiger partial charge in [0.2, 0.25) is 0 Å². The van der Waals surface area contributed by atoms with Crippen molar-refractivity contribution in [1.82, 2.24) is 0 Å². The van der Waals surface area contributed by atoms with E-state index in [0.29, 0.717) is 19.6 Å². The molecule has 0 unspecified atom stereocenters. The Morgan fingerprint density at radius 1 is 1.16 bits per heavy atom. The van der Waals surface area contributed by atoms with E-state index in [1.54, 1.807) is 20.8 Å². The van der Waals surface area contributed by atoms with Crippen molar-refractivity contribution >= 4 is 17.7 Å². The highest BCUT2D eigenvalue weighted by atomic mass is 32.2. The molecule has 4 atom stereocenters. The molecule has 0 saturated carbocycles. The van der Waals surface area contributed by atoms with Crippen LogP contribution in [0.15, 0.2) is 70.7 Å². The lowest BCUT2D eigenvalue weighted by Gasteiger charge is -2.40. The smallest absolute Gasteiger partial charge is 0.311 e. The van der Waals surface area contributed by atoms with Gasteiger partial charge in [-0.25, -0.2) is 0 Å². The van der Waals surface area contributed by atoms with Crippen LogP contribution in [0.25, 0.3) is 10.4 Å². The Balaban J connectivity index is 1.75. The number of azide groups is 1. The number of thioether (sulfide) groups is 1. The highest BCUT2D eigenvalue weighted by molar-refractivity contribution is 7.99. The van der Waals surface area contributed by atoms with E-state index in [2.05, 4.69) is 10.0 Å². The normalized spacial score (nSPS) is 23.2. The van der Waals surface area contributed by atoms with Crippen LogP contribution in [-0.4, -0.2) is 36.3 Å². The lowest BCUT2D eigenvalue weighted by molar-refractivity contribution is -0.176. The molecule has 0 amide bonds. The summed E-state index contributed by atoms with van der Waals surface area (Å²) in [5, 5.41) is 3.96. The molecule has 32 heavy (non-hydrogen) atoms. The molecular formula is C24H29N3O4S. The second-order valence-electron chi connectivity index (χ2n) is 8.69. The molecular weight excluding hydrogens is 426 g/mol. The maximum Gasteiger partial charge on any atom is 0.311 e. The Kier molecular flexibility index (Phi) is 8.59. The maximum atomic E-state index is 12.6. The van der Waals surface area contributed by atoms with Crippen LogP contribution in [0.5, 0.6) is 0 Å². The molecule has 7 nitrogen and oxygen atoms in total. The van der Waals surface area contributed by atoms with Gasteiger partial charge in [-0.3, -0.25) is 4.79 Å². The number of nitrogens with zero attached hydrogens (tertiary/aromatic N) is 3. The van der Waals surface area contributed by atoms with E-state index < -0.39 is 23.0 Å². The van der Waals surface area contributed by atoms with E-state index in [1.165, 1.54) is 11.8 Å². The summed E-state index contributed by atoms with van der Waals surface area (Å²) in [6.45, 7) is 6.19. The van der Waals surface area contributed by atoms with Gasteiger partial charge in [-0.2, -0.15) is 0 Å². The standard InChI is InChI=1S/C24H29N3O4S/c1-24(2,3)23(28)31-21-20(26-27-25)14-18(16-29-15-17-10-6-4-7-11-17)30-22(21)32-19-12-8-5-9-13-19/h4-13,18,20-22H,14-16H2,1-3H3/t18-,20-,21+,22-/m0/s1. The monoisotopic (exact) mass is 455 g/mol. The first-order valence-electron chi connectivity index (χ1n) is 10.6. The van der Waals surface area contributed by atoms with Crippen molar-refractivity contribution in [1.29, 1.82) is 0 Å². The average molecular weight is 456 g/mol. The number of carbonyl (C=O) groups is 1. The number of hydrogen-bond acceptors (Lipinski definition) is 6. The topological polar surface area (TPSA) is 93.5 Å². The number of benzene rings is 2. The van der Waals surface area contributed by atoms with Crippen molar-refractivity contribution < 1.29 is 19.0 Å². The fourth-order valence-corrected chi connectivity index (χ4v) is 4.41. The third kappa shape index (κ3) is 7.00. The average Bonchev–Trinajstić information content (AvgIpc) is 2.77. The molecule has 1 aliphatic heterocycles. The van der Waals surface area contributed by atoms with E-state index in [-0.39, 0.29) is 12.1 Å². The number of hydrogen-bond donors (Lipinski definition) is 0. The SMILES string of the molecule is CC(C)(C)C(=O)O[C@@H]1[C@@H](N=[N+]=[N-])C[C@@H](COCc2ccccc2)O[C@H]1Sc1ccccc1. The summed E-state index contributed by atoms with van der Waals surface area (Å²) < 4.78 is 18.0. The van der Waals surface area contributed by atoms with Gasteiger partial charge in [0.05, 0.1) is 30.8 Å². The van der Waals surface area contributed by atoms with Gasteiger partial charge in [-0.15, -0.1) is 0 Å². The van der Waals surface area contributed by atoms with Crippen molar-refractivity contribution in [3.05, 3.63) is 76.7 Å². The molecule has 1 heterocycles. The molecule has 2 aromatic rings. The minimum Gasteiger partial charge on any atom is -0.458 e. The first-order valence-corrected chi connectivity index (χ1v) is 11.5. The Bertz CT molecular complexity index is 914. The molecule has 0 aromatic heterocycles. The number of ether oxygens (including phenoxy) is 3. The van der Waals surface area contributed by atoms with Gasteiger partial charge in [0.1, 0.15) is 11.5 Å². The predicted molar refractivity (Wildman–Crippen MR) is 124 cm³/mol. The lowest BCUT2D eigenvalue weighted by atomic mass is 9.96. The zero-order valence-electron chi connectivity index (χ0n) is 18.6. The van der Waals surface area contributed by atoms with Crippen molar-refractivity contribution in [2.24, 2.45) is 10.5 Å². The Morgan fingerprint density at radius 3 is 2.44 bits per heavy atom. The van der Waals surface area contributed by atoms with Crippen LogP contribution in [0.2, 0.25) is 0 Å². The van der Waals surface area contributed by atoms with Gasteiger partial charge < -0.3 is 14.2 Å². The van der Waals surface area contributed by atoms with Crippen LogP contribution in [0.3, 0.4) is 0 Å². The molecule has 0 radical (unpaired) electrons. The summed E-state index contributed by atoms with van der Waals surface area (Å²) in [7, 11) is 0. The molecule has 0 bridgehead atoms. The highest BCUT2D eigenvalue weighted by Gasteiger charge is 2.43.